The van der Waals surface area contributed by atoms with Gasteiger partial charge < -0.3 is 13.9 Å². The second-order valence-electron chi connectivity index (χ2n) is 2.91. The molecule has 0 spiro atoms. The normalized spacial score (nSPS) is 10.1. The minimum absolute atomic E-state index is 0.288. The fourth-order valence-electron chi connectivity index (χ4n) is 1.28. The summed E-state index contributed by atoms with van der Waals surface area (Å²) in [6.45, 7) is 0. The van der Waals surface area contributed by atoms with Crippen LogP contribution in [0.2, 0.25) is 0 Å². The van der Waals surface area contributed by atoms with Crippen LogP contribution >= 0.6 is 11.5 Å². The van der Waals surface area contributed by atoms with Crippen molar-refractivity contribution >= 4 is 11.5 Å². The Kier molecular flexibility index (Phi) is 2.91. The molecule has 0 amide bonds. The summed E-state index contributed by atoms with van der Waals surface area (Å²) in [7, 11) is 3.10. The van der Waals surface area contributed by atoms with Crippen LogP contribution in [-0.4, -0.2) is 18.6 Å². The molecule has 0 saturated carbocycles. The summed E-state index contributed by atoms with van der Waals surface area (Å²) >= 11 is 0.778. The fraction of sp³-hybridized carbons (Fsp3) is 0.200. The van der Waals surface area contributed by atoms with Crippen LogP contribution in [-0.2, 0) is 0 Å². The molecule has 0 radical (unpaired) electrons. The van der Waals surface area contributed by atoms with E-state index < -0.39 is 4.94 Å². The molecule has 0 saturated heterocycles. The van der Waals surface area contributed by atoms with E-state index in [4.69, 9.17) is 13.9 Å². The SMILES string of the molecule is COc1ccc(-c2nsc(=O)o2)cc1OC. The average Bonchev–Trinajstić information content (AvgIpc) is 2.75. The maximum Gasteiger partial charge on any atom is 0.414 e. The van der Waals surface area contributed by atoms with Crippen molar-refractivity contribution in [2.45, 2.75) is 0 Å². The summed E-state index contributed by atoms with van der Waals surface area (Å²) in [5, 5.41) is 0. The average molecular weight is 239 g/mol. The zero-order chi connectivity index (χ0) is 11.5. The molecule has 0 aliphatic carbocycles. The summed E-state index contributed by atoms with van der Waals surface area (Å²) in [6.07, 6.45) is 0. The number of hydrogen-bond donors (Lipinski definition) is 0. The zero-order valence-electron chi connectivity index (χ0n) is 8.72. The lowest BCUT2D eigenvalue weighted by molar-refractivity contribution is 0.355. The van der Waals surface area contributed by atoms with E-state index >= 15 is 0 Å². The van der Waals surface area contributed by atoms with Crippen molar-refractivity contribution in [3.8, 4) is 23.0 Å². The number of rotatable bonds is 3. The summed E-state index contributed by atoms with van der Waals surface area (Å²) < 4.78 is 19.0. The Morgan fingerprint density at radius 3 is 2.56 bits per heavy atom. The smallest absolute Gasteiger partial charge is 0.414 e. The molecule has 0 bridgehead atoms. The molecule has 0 aliphatic heterocycles. The number of aromatic nitrogens is 1. The molecule has 0 unspecified atom stereocenters. The third-order valence-corrected chi connectivity index (χ3v) is 2.50. The molecule has 5 nitrogen and oxygen atoms in total. The third kappa shape index (κ3) is 1.92. The van der Waals surface area contributed by atoms with E-state index in [-0.39, 0.29) is 5.89 Å². The van der Waals surface area contributed by atoms with Crippen LogP contribution in [0.25, 0.3) is 11.5 Å². The number of ether oxygens (including phenoxy) is 2. The highest BCUT2D eigenvalue weighted by Gasteiger charge is 2.10. The molecule has 2 rings (SSSR count). The van der Waals surface area contributed by atoms with Gasteiger partial charge in [-0.25, -0.2) is 4.79 Å². The van der Waals surface area contributed by atoms with Crippen molar-refractivity contribution in [2.24, 2.45) is 0 Å². The second-order valence-corrected chi connectivity index (χ2v) is 3.61. The number of hydrogen-bond acceptors (Lipinski definition) is 6. The van der Waals surface area contributed by atoms with Crippen LogP contribution in [0.1, 0.15) is 0 Å². The van der Waals surface area contributed by atoms with Crippen LogP contribution < -0.4 is 14.4 Å². The molecule has 1 aromatic heterocycles. The second kappa shape index (κ2) is 4.36. The van der Waals surface area contributed by atoms with E-state index in [1.807, 2.05) is 0 Å². The Balaban J connectivity index is 2.47. The van der Waals surface area contributed by atoms with Gasteiger partial charge in [0.15, 0.2) is 11.5 Å². The molecule has 1 heterocycles. The molecule has 0 fully saturated rings. The molecule has 0 atom stereocenters. The minimum Gasteiger partial charge on any atom is -0.493 e. The third-order valence-electron chi connectivity index (χ3n) is 2.01. The lowest BCUT2D eigenvalue weighted by atomic mass is 10.2. The van der Waals surface area contributed by atoms with Gasteiger partial charge >= 0.3 is 4.94 Å². The van der Waals surface area contributed by atoms with Crippen LogP contribution in [0.4, 0.5) is 0 Å². The molecule has 0 aliphatic rings. The van der Waals surface area contributed by atoms with Gasteiger partial charge in [0.25, 0.3) is 0 Å². The monoisotopic (exact) mass is 239 g/mol. The van der Waals surface area contributed by atoms with Gasteiger partial charge in [-0.2, -0.15) is 0 Å². The van der Waals surface area contributed by atoms with Gasteiger partial charge in [0.05, 0.1) is 25.8 Å². The van der Waals surface area contributed by atoms with Gasteiger partial charge in [-0.3, -0.25) is 0 Å². The van der Waals surface area contributed by atoms with Gasteiger partial charge in [-0.1, -0.05) is 0 Å². The summed E-state index contributed by atoms with van der Waals surface area (Å²) in [6, 6.07) is 5.18. The van der Waals surface area contributed by atoms with Gasteiger partial charge in [-0.05, 0) is 18.2 Å². The molecule has 16 heavy (non-hydrogen) atoms. The van der Waals surface area contributed by atoms with E-state index in [0.29, 0.717) is 17.1 Å². The van der Waals surface area contributed by atoms with Crippen molar-refractivity contribution in [1.29, 1.82) is 0 Å². The Morgan fingerprint density at radius 1 is 1.25 bits per heavy atom. The molecule has 0 N–H and O–H groups in total. The topological polar surface area (TPSA) is 61.6 Å². The van der Waals surface area contributed by atoms with Gasteiger partial charge in [0, 0.05) is 5.56 Å². The van der Waals surface area contributed by atoms with Crippen molar-refractivity contribution in [2.75, 3.05) is 14.2 Å². The molecule has 1 aromatic carbocycles. The molecule has 6 heteroatoms. The number of methoxy groups -OCH3 is 2. The fourth-order valence-corrected chi connectivity index (χ4v) is 1.69. The van der Waals surface area contributed by atoms with Crippen molar-refractivity contribution in [1.82, 2.24) is 4.37 Å². The lowest BCUT2D eigenvalue weighted by Crippen LogP contribution is -1.91. The zero-order valence-corrected chi connectivity index (χ0v) is 9.54. The highest BCUT2D eigenvalue weighted by Crippen LogP contribution is 2.31. The van der Waals surface area contributed by atoms with Gasteiger partial charge in [-0.15, -0.1) is 4.37 Å². The predicted octanol–water partition coefficient (Wildman–Crippen LogP) is 1.78. The van der Waals surface area contributed by atoms with Crippen LogP contribution in [0, 0.1) is 0 Å². The Hall–Kier alpha value is -1.82. The van der Waals surface area contributed by atoms with Gasteiger partial charge in [0.2, 0.25) is 5.89 Å². The summed E-state index contributed by atoms with van der Waals surface area (Å²) in [5.41, 5.74) is 0.677. The highest BCUT2D eigenvalue weighted by atomic mass is 32.1. The first kappa shape index (κ1) is 10.7. The number of nitrogens with zero attached hydrogens (tertiary/aromatic N) is 1. The van der Waals surface area contributed by atoms with Crippen molar-refractivity contribution in [3.05, 3.63) is 27.9 Å². The van der Waals surface area contributed by atoms with Crippen molar-refractivity contribution < 1.29 is 13.9 Å². The number of benzene rings is 1. The lowest BCUT2D eigenvalue weighted by Gasteiger charge is -2.07. The van der Waals surface area contributed by atoms with Crippen LogP contribution in [0.3, 0.4) is 0 Å². The standard InChI is InChI=1S/C10H9NO4S/c1-13-7-4-3-6(5-8(7)14-2)9-11-16-10(12)15-9/h3-5H,1-2H3. The maximum absolute atomic E-state index is 10.9. The molecule has 84 valence electrons. The molecular formula is C10H9NO4S. The quantitative estimate of drug-likeness (QED) is 0.817. The Morgan fingerprint density at radius 2 is 2.00 bits per heavy atom. The summed E-state index contributed by atoms with van der Waals surface area (Å²) in [5.74, 6) is 1.47. The van der Waals surface area contributed by atoms with Crippen molar-refractivity contribution in [3.63, 3.8) is 0 Å². The van der Waals surface area contributed by atoms with E-state index in [1.165, 1.54) is 0 Å². The minimum atomic E-state index is -0.426. The van der Waals surface area contributed by atoms with Crippen LogP contribution in [0.15, 0.2) is 27.4 Å². The Labute approximate surface area is 95.4 Å². The first-order valence-corrected chi connectivity index (χ1v) is 5.21. The first-order chi connectivity index (χ1) is 7.74. The Bertz CT molecular complexity index is 546. The van der Waals surface area contributed by atoms with Gasteiger partial charge in [0.1, 0.15) is 0 Å². The summed E-state index contributed by atoms with van der Waals surface area (Å²) in [4.78, 5) is 10.4. The van der Waals surface area contributed by atoms with E-state index in [9.17, 15) is 4.79 Å². The van der Waals surface area contributed by atoms with Crippen LogP contribution in [0.5, 0.6) is 11.5 Å². The van der Waals surface area contributed by atoms with E-state index in [0.717, 1.165) is 11.5 Å². The maximum atomic E-state index is 10.9. The largest absolute Gasteiger partial charge is 0.493 e. The first-order valence-electron chi connectivity index (χ1n) is 4.44. The highest BCUT2D eigenvalue weighted by molar-refractivity contribution is 7.02. The van der Waals surface area contributed by atoms with E-state index in [1.54, 1.807) is 32.4 Å². The molecular weight excluding hydrogens is 230 g/mol. The van der Waals surface area contributed by atoms with E-state index in [2.05, 4.69) is 4.37 Å². The predicted molar refractivity (Wildman–Crippen MR) is 59.2 cm³/mol. The molecule has 2 aromatic rings.